The Morgan fingerprint density at radius 3 is 2.75 bits per heavy atom. The lowest BCUT2D eigenvalue weighted by molar-refractivity contribution is -0.147. The summed E-state index contributed by atoms with van der Waals surface area (Å²) in [5.74, 6) is -1.22. The molecule has 0 fully saturated rings. The van der Waals surface area contributed by atoms with Crippen molar-refractivity contribution in [3.63, 3.8) is 0 Å². The van der Waals surface area contributed by atoms with Crippen LogP contribution in [0, 0.1) is 5.92 Å². The van der Waals surface area contributed by atoms with E-state index < -0.39 is 11.9 Å². The molecule has 0 radical (unpaired) electrons. The van der Waals surface area contributed by atoms with Crippen molar-refractivity contribution in [1.82, 2.24) is 9.88 Å². The summed E-state index contributed by atoms with van der Waals surface area (Å²) in [5, 5.41) is 10.2. The molecule has 1 aromatic heterocycles. The number of pyridine rings is 1. The van der Waals surface area contributed by atoms with E-state index in [0.717, 1.165) is 46.1 Å². The highest BCUT2D eigenvalue weighted by atomic mass is 16.5. The molecule has 36 heavy (non-hydrogen) atoms. The molecule has 0 saturated carbocycles. The molecule has 0 bridgehead atoms. The average Bonchev–Trinajstić information content (AvgIpc) is 3.17. The molecule has 188 valence electrons. The fourth-order valence-electron chi connectivity index (χ4n) is 4.85. The van der Waals surface area contributed by atoms with Crippen molar-refractivity contribution in [2.75, 3.05) is 20.3 Å². The summed E-state index contributed by atoms with van der Waals surface area (Å²) >= 11 is 0. The fourth-order valence-corrected chi connectivity index (χ4v) is 4.85. The molecule has 2 aliphatic rings. The number of aliphatic carboxylic acids is 1. The van der Waals surface area contributed by atoms with Gasteiger partial charge in [-0.2, -0.15) is 0 Å². The van der Waals surface area contributed by atoms with Crippen LogP contribution in [0.25, 0.3) is 16.6 Å². The Bertz CT molecular complexity index is 1340. The minimum atomic E-state index is -1.00. The maximum absolute atomic E-state index is 12.4. The van der Waals surface area contributed by atoms with Crippen molar-refractivity contribution < 1.29 is 29.0 Å². The van der Waals surface area contributed by atoms with Crippen molar-refractivity contribution in [1.29, 1.82) is 0 Å². The first-order valence-corrected chi connectivity index (χ1v) is 12.1. The molecule has 3 heterocycles. The Kier molecular flexibility index (Phi) is 7.24. The maximum atomic E-state index is 12.4. The van der Waals surface area contributed by atoms with Crippen molar-refractivity contribution in [2.24, 2.45) is 5.92 Å². The molecular formula is C28H30N2O6. The molecule has 0 amide bonds. The van der Waals surface area contributed by atoms with Gasteiger partial charge >= 0.3 is 11.9 Å². The number of aryl methyl sites for hydroxylation is 1. The SMILES string of the molecule is C/C=C(\COc1ccc2nc3c(c(CC)c2c1)CN(C)/C3=C\C1=C(C=O)COC(=O)C1CC)C(=O)O. The van der Waals surface area contributed by atoms with Gasteiger partial charge < -0.3 is 19.5 Å². The van der Waals surface area contributed by atoms with E-state index in [4.69, 9.17) is 14.5 Å². The number of cyclic esters (lactones) is 1. The second kappa shape index (κ2) is 10.4. The molecule has 2 aromatic rings. The Hall–Kier alpha value is -3.94. The lowest BCUT2D eigenvalue weighted by Gasteiger charge is -2.24. The maximum Gasteiger partial charge on any atom is 0.334 e. The summed E-state index contributed by atoms with van der Waals surface area (Å²) in [7, 11) is 1.97. The number of carbonyl (C=O) groups excluding carboxylic acids is 2. The van der Waals surface area contributed by atoms with Crippen LogP contribution < -0.4 is 4.74 Å². The van der Waals surface area contributed by atoms with Crippen molar-refractivity contribution in [3.8, 4) is 5.75 Å². The Labute approximate surface area is 209 Å². The third kappa shape index (κ3) is 4.51. The lowest BCUT2D eigenvalue weighted by Crippen LogP contribution is -2.27. The van der Waals surface area contributed by atoms with Crippen molar-refractivity contribution in [2.45, 2.75) is 40.2 Å². The summed E-state index contributed by atoms with van der Waals surface area (Å²) in [4.78, 5) is 42.4. The number of carboxylic acid groups (broad SMARTS) is 1. The number of esters is 1. The number of ether oxygens (including phenoxy) is 2. The summed E-state index contributed by atoms with van der Waals surface area (Å²) < 4.78 is 11.0. The van der Waals surface area contributed by atoms with E-state index in [1.807, 2.05) is 32.2 Å². The van der Waals surface area contributed by atoms with Crippen LogP contribution in [0.15, 0.2) is 47.1 Å². The predicted molar refractivity (Wildman–Crippen MR) is 135 cm³/mol. The zero-order valence-corrected chi connectivity index (χ0v) is 21.0. The first-order chi connectivity index (χ1) is 17.3. The molecule has 8 heteroatoms. The number of rotatable bonds is 8. The summed E-state index contributed by atoms with van der Waals surface area (Å²) in [6.07, 6.45) is 5.53. The Morgan fingerprint density at radius 2 is 2.11 bits per heavy atom. The first kappa shape index (κ1) is 25.2. The smallest absolute Gasteiger partial charge is 0.334 e. The van der Waals surface area contributed by atoms with E-state index in [-0.39, 0.29) is 24.8 Å². The molecule has 4 rings (SSSR count). The number of hydrogen-bond donors (Lipinski definition) is 1. The summed E-state index contributed by atoms with van der Waals surface area (Å²) in [6, 6.07) is 5.57. The van der Waals surface area contributed by atoms with Crippen LogP contribution in [-0.4, -0.2) is 53.5 Å². The highest BCUT2D eigenvalue weighted by molar-refractivity contribution is 5.91. The van der Waals surface area contributed by atoms with Gasteiger partial charge in [-0.1, -0.05) is 19.9 Å². The second-order valence-electron chi connectivity index (χ2n) is 8.91. The van der Waals surface area contributed by atoms with Gasteiger partial charge in [-0.25, -0.2) is 9.78 Å². The Morgan fingerprint density at radius 1 is 1.33 bits per heavy atom. The van der Waals surface area contributed by atoms with Gasteiger partial charge in [0.1, 0.15) is 25.2 Å². The van der Waals surface area contributed by atoms with Crippen LogP contribution in [0.5, 0.6) is 5.75 Å². The van der Waals surface area contributed by atoms with Crippen LogP contribution >= 0.6 is 0 Å². The molecule has 0 saturated heterocycles. The van der Waals surface area contributed by atoms with Crippen LogP contribution in [0.2, 0.25) is 0 Å². The number of fused-ring (bicyclic) bond motifs is 2. The quantitative estimate of drug-likeness (QED) is 0.335. The number of carboxylic acids is 1. The summed E-state index contributed by atoms with van der Waals surface area (Å²) in [5.41, 5.74) is 6.10. The van der Waals surface area contributed by atoms with Crippen LogP contribution in [-0.2, 0) is 32.1 Å². The van der Waals surface area contributed by atoms with E-state index in [2.05, 4.69) is 11.8 Å². The second-order valence-corrected chi connectivity index (χ2v) is 8.91. The van der Waals surface area contributed by atoms with E-state index in [9.17, 15) is 19.5 Å². The van der Waals surface area contributed by atoms with Gasteiger partial charge in [-0.3, -0.25) is 9.59 Å². The van der Waals surface area contributed by atoms with Gasteiger partial charge in [0, 0.05) is 30.1 Å². The number of aromatic nitrogens is 1. The standard InChI is InChI=1S/C28H30N2O6/c1-5-16(27(32)33)14-35-18-8-9-24-22(10-18)19(6-2)23-12-30(4)25(26(23)29-24)11-21-17(13-31)15-36-28(34)20(21)7-3/h5,8-11,13,20H,6-7,12,14-15H2,1-4H3,(H,32,33)/b16-5+,25-11-. The highest BCUT2D eigenvalue weighted by Crippen LogP contribution is 2.39. The van der Waals surface area contributed by atoms with Crippen LogP contribution in [0.3, 0.4) is 0 Å². The van der Waals surface area contributed by atoms with E-state index >= 15 is 0 Å². The van der Waals surface area contributed by atoms with Gasteiger partial charge in [0.25, 0.3) is 0 Å². The monoisotopic (exact) mass is 490 g/mol. The topological polar surface area (TPSA) is 106 Å². The van der Waals surface area contributed by atoms with Gasteiger partial charge in [-0.05, 0) is 55.2 Å². The lowest BCUT2D eigenvalue weighted by atomic mass is 9.89. The van der Waals surface area contributed by atoms with Gasteiger partial charge in [-0.15, -0.1) is 0 Å². The molecule has 0 spiro atoms. The fraction of sp³-hybridized carbons (Fsp3) is 0.357. The number of nitrogens with zero attached hydrogens (tertiary/aromatic N) is 2. The van der Waals surface area contributed by atoms with Crippen molar-refractivity contribution >= 4 is 34.8 Å². The molecular weight excluding hydrogens is 460 g/mol. The molecule has 1 N–H and O–H groups in total. The van der Waals surface area contributed by atoms with Crippen LogP contribution in [0.4, 0.5) is 0 Å². The normalized spacial score (nSPS) is 19.1. The van der Waals surface area contributed by atoms with Crippen LogP contribution in [0.1, 0.15) is 44.0 Å². The Balaban J connectivity index is 1.79. The predicted octanol–water partition coefficient (Wildman–Crippen LogP) is 4.07. The number of allylic oxidation sites excluding steroid dienone is 2. The third-order valence-electron chi connectivity index (χ3n) is 6.84. The van der Waals surface area contributed by atoms with E-state index in [1.54, 1.807) is 13.0 Å². The van der Waals surface area contributed by atoms with Gasteiger partial charge in [0.2, 0.25) is 0 Å². The number of hydrogen-bond acceptors (Lipinski definition) is 7. The summed E-state index contributed by atoms with van der Waals surface area (Å²) in [6.45, 7) is 6.27. The molecule has 2 aliphatic heterocycles. The third-order valence-corrected chi connectivity index (χ3v) is 6.84. The first-order valence-electron chi connectivity index (χ1n) is 12.1. The molecule has 0 aliphatic carbocycles. The van der Waals surface area contributed by atoms with E-state index in [0.29, 0.717) is 29.9 Å². The van der Waals surface area contributed by atoms with Crippen molar-refractivity contribution in [3.05, 3.63) is 63.9 Å². The number of benzene rings is 1. The molecule has 1 atom stereocenters. The zero-order chi connectivity index (χ0) is 26.0. The highest BCUT2D eigenvalue weighted by Gasteiger charge is 2.32. The largest absolute Gasteiger partial charge is 0.489 e. The number of carbonyl (C=O) groups is 3. The number of aldehydes is 1. The molecule has 1 aromatic carbocycles. The minimum Gasteiger partial charge on any atom is -0.489 e. The van der Waals surface area contributed by atoms with E-state index in [1.165, 1.54) is 6.08 Å². The molecule has 1 unspecified atom stereocenters. The minimum absolute atomic E-state index is 0.0144. The average molecular weight is 491 g/mol. The van der Waals surface area contributed by atoms with Gasteiger partial charge in [0.15, 0.2) is 0 Å². The molecule has 8 nitrogen and oxygen atoms in total. The zero-order valence-electron chi connectivity index (χ0n) is 21.0. The van der Waals surface area contributed by atoms with Gasteiger partial charge in [0.05, 0.1) is 28.4 Å².